The average molecular weight is 297 g/mol. The Morgan fingerprint density at radius 3 is 2.77 bits per heavy atom. The maximum atomic E-state index is 5.31. The van der Waals surface area contributed by atoms with Crippen molar-refractivity contribution in [3.8, 4) is 5.69 Å². The van der Waals surface area contributed by atoms with Gasteiger partial charge in [-0.3, -0.25) is 0 Å². The van der Waals surface area contributed by atoms with Crippen molar-refractivity contribution in [1.29, 1.82) is 0 Å². The van der Waals surface area contributed by atoms with Crippen molar-refractivity contribution >= 4 is 0 Å². The molecule has 0 aliphatic carbocycles. The van der Waals surface area contributed by atoms with Crippen molar-refractivity contribution in [2.24, 2.45) is 0 Å². The Balaban J connectivity index is 1.66. The Hall–Kier alpha value is -2.47. The first-order chi connectivity index (χ1) is 10.7. The van der Waals surface area contributed by atoms with Gasteiger partial charge in [0, 0.05) is 24.9 Å². The highest BCUT2D eigenvalue weighted by Crippen LogP contribution is 2.12. The lowest BCUT2D eigenvalue weighted by atomic mass is 10.1. The van der Waals surface area contributed by atoms with Crippen molar-refractivity contribution in [1.82, 2.24) is 25.2 Å². The molecule has 0 radical (unpaired) electrons. The van der Waals surface area contributed by atoms with Gasteiger partial charge in [0.25, 0.3) is 0 Å². The fourth-order valence-corrected chi connectivity index (χ4v) is 2.18. The van der Waals surface area contributed by atoms with Crippen molar-refractivity contribution in [2.45, 2.75) is 25.8 Å². The highest BCUT2D eigenvalue weighted by Gasteiger charge is 2.10. The van der Waals surface area contributed by atoms with Gasteiger partial charge in [-0.2, -0.15) is 10.1 Å². The second kappa shape index (κ2) is 6.53. The van der Waals surface area contributed by atoms with Gasteiger partial charge in [0.15, 0.2) is 5.82 Å². The van der Waals surface area contributed by atoms with Crippen molar-refractivity contribution < 1.29 is 4.52 Å². The van der Waals surface area contributed by atoms with E-state index in [4.69, 9.17) is 4.52 Å². The van der Waals surface area contributed by atoms with Crippen LogP contribution in [0.5, 0.6) is 0 Å². The minimum Gasteiger partial charge on any atom is -0.339 e. The smallest absolute Gasteiger partial charge is 0.231 e. The minimum absolute atomic E-state index is 0.332. The molecule has 0 spiro atoms. The highest BCUT2D eigenvalue weighted by atomic mass is 16.5. The highest BCUT2D eigenvalue weighted by molar-refractivity contribution is 5.34. The van der Waals surface area contributed by atoms with Gasteiger partial charge in [-0.25, -0.2) is 4.68 Å². The summed E-state index contributed by atoms with van der Waals surface area (Å²) in [6.07, 6.45) is 5.08. The van der Waals surface area contributed by atoms with Crippen LogP contribution in [0, 0.1) is 0 Å². The summed E-state index contributed by atoms with van der Waals surface area (Å²) < 4.78 is 7.14. The first-order valence-corrected chi connectivity index (χ1v) is 7.32. The van der Waals surface area contributed by atoms with E-state index in [2.05, 4.69) is 39.6 Å². The SMILES string of the molecule is CNC(C)Cc1noc(Cc2ccc(-n3cccn3)cc2)n1. The van der Waals surface area contributed by atoms with Crippen LogP contribution in [0.3, 0.4) is 0 Å². The zero-order valence-corrected chi connectivity index (χ0v) is 12.7. The van der Waals surface area contributed by atoms with Gasteiger partial charge in [0.2, 0.25) is 5.89 Å². The molecular formula is C16H19N5O. The van der Waals surface area contributed by atoms with Crippen LogP contribution in [0.2, 0.25) is 0 Å². The number of nitrogens with zero attached hydrogens (tertiary/aromatic N) is 4. The molecule has 1 N–H and O–H groups in total. The topological polar surface area (TPSA) is 68.8 Å². The van der Waals surface area contributed by atoms with Crippen LogP contribution >= 0.6 is 0 Å². The molecule has 3 aromatic rings. The molecule has 6 heteroatoms. The largest absolute Gasteiger partial charge is 0.339 e. The summed E-state index contributed by atoms with van der Waals surface area (Å²) in [5.74, 6) is 1.38. The maximum absolute atomic E-state index is 5.31. The molecule has 1 aromatic carbocycles. The molecule has 0 saturated carbocycles. The second-order valence-electron chi connectivity index (χ2n) is 5.29. The molecule has 2 aromatic heterocycles. The molecule has 2 heterocycles. The minimum atomic E-state index is 0.332. The summed E-state index contributed by atoms with van der Waals surface area (Å²) in [6.45, 7) is 2.09. The first kappa shape index (κ1) is 14.5. The van der Waals surface area contributed by atoms with Gasteiger partial charge in [-0.05, 0) is 37.7 Å². The Morgan fingerprint density at radius 2 is 2.09 bits per heavy atom. The van der Waals surface area contributed by atoms with Gasteiger partial charge in [0.1, 0.15) is 0 Å². The van der Waals surface area contributed by atoms with Crippen LogP contribution in [-0.4, -0.2) is 33.0 Å². The Bertz CT molecular complexity index is 702. The number of nitrogens with one attached hydrogen (secondary N) is 1. The first-order valence-electron chi connectivity index (χ1n) is 7.32. The fourth-order valence-electron chi connectivity index (χ4n) is 2.18. The number of rotatable bonds is 6. The molecule has 0 fully saturated rings. The number of benzene rings is 1. The summed E-state index contributed by atoms with van der Waals surface area (Å²) in [5.41, 5.74) is 2.16. The van der Waals surface area contributed by atoms with Gasteiger partial charge in [0.05, 0.1) is 12.1 Å². The van der Waals surface area contributed by atoms with Crippen molar-refractivity contribution in [2.75, 3.05) is 7.05 Å². The van der Waals surface area contributed by atoms with Crippen LogP contribution in [0.15, 0.2) is 47.2 Å². The van der Waals surface area contributed by atoms with Crippen molar-refractivity contribution in [3.63, 3.8) is 0 Å². The Labute approximate surface area is 129 Å². The monoisotopic (exact) mass is 297 g/mol. The zero-order chi connectivity index (χ0) is 15.4. The molecule has 0 aliphatic rings. The number of likely N-dealkylation sites (N-methyl/N-ethyl adjacent to an activating group) is 1. The lowest BCUT2D eigenvalue weighted by molar-refractivity contribution is 0.377. The summed E-state index contributed by atoms with van der Waals surface area (Å²) in [6, 6.07) is 10.4. The molecule has 0 saturated heterocycles. The maximum Gasteiger partial charge on any atom is 0.231 e. The number of aromatic nitrogens is 4. The van der Waals surface area contributed by atoms with Crippen LogP contribution in [0.4, 0.5) is 0 Å². The summed E-state index contributed by atoms with van der Waals surface area (Å²) in [5, 5.41) is 11.4. The lowest BCUT2D eigenvalue weighted by Gasteiger charge is -2.04. The van der Waals surface area contributed by atoms with E-state index in [1.165, 1.54) is 0 Å². The van der Waals surface area contributed by atoms with Crippen LogP contribution in [0.25, 0.3) is 5.69 Å². The molecule has 6 nitrogen and oxygen atoms in total. The second-order valence-corrected chi connectivity index (χ2v) is 5.29. The third-order valence-electron chi connectivity index (χ3n) is 3.55. The predicted molar refractivity (Wildman–Crippen MR) is 82.9 cm³/mol. The van der Waals surface area contributed by atoms with Gasteiger partial charge < -0.3 is 9.84 Å². The lowest BCUT2D eigenvalue weighted by Crippen LogP contribution is -2.24. The third kappa shape index (κ3) is 3.40. The molecular weight excluding hydrogens is 278 g/mol. The molecule has 3 rings (SSSR count). The Kier molecular flexibility index (Phi) is 4.29. The number of hydrogen-bond acceptors (Lipinski definition) is 5. The predicted octanol–water partition coefficient (Wildman–Crippen LogP) is 2.00. The van der Waals surface area contributed by atoms with Gasteiger partial charge in [-0.15, -0.1) is 0 Å². The van der Waals surface area contributed by atoms with Crippen molar-refractivity contribution in [3.05, 3.63) is 60.0 Å². The van der Waals surface area contributed by atoms with E-state index in [-0.39, 0.29) is 0 Å². The summed E-state index contributed by atoms with van der Waals surface area (Å²) in [4.78, 5) is 4.43. The quantitative estimate of drug-likeness (QED) is 0.753. The third-order valence-corrected chi connectivity index (χ3v) is 3.55. The zero-order valence-electron chi connectivity index (χ0n) is 12.7. The number of hydrogen-bond donors (Lipinski definition) is 1. The standard InChI is InChI=1S/C16H19N5O/c1-12(17-2)10-15-19-16(22-20-15)11-13-4-6-14(7-5-13)21-9-3-8-18-21/h3-9,12,17H,10-11H2,1-2H3. The molecule has 0 bridgehead atoms. The molecule has 114 valence electrons. The molecule has 1 unspecified atom stereocenters. The summed E-state index contributed by atoms with van der Waals surface area (Å²) in [7, 11) is 1.92. The van der Waals surface area contributed by atoms with E-state index in [1.807, 2.05) is 36.1 Å². The van der Waals surface area contributed by atoms with Gasteiger partial charge in [-0.1, -0.05) is 17.3 Å². The van der Waals surface area contributed by atoms with E-state index < -0.39 is 0 Å². The molecule has 22 heavy (non-hydrogen) atoms. The fraction of sp³-hybridized carbons (Fsp3) is 0.312. The van der Waals surface area contributed by atoms with E-state index in [1.54, 1.807) is 6.20 Å². The van der Waals surface area contributed by atoms with E-state index in [9.17, 15) is 0 Å². The molecule has 0 aliphatic heterocycles. The van der Waals surface area contributed by atoms with E-state index in [0.717, 1.165) is 23.5 Å². The van der Waals surface area contributed by atoms with Crippen LogP contribution < -0.4 is 5.32 Å². The average Bonchev–Trinajstić information content (AvgIpc) is 3.20. The van der Waals surface area contributed by atoms with E-state index >= 15 is 0 Å². The molecule has 0 amide bonds. The molecule has 1 atom stereocenters. The normalized spacial score (nSPS) is 12.5. The van der Waals surface area contributed by atoms with Crippen LogP contribution in [-0.2, 0) is 12.8 Å². The summed E-state index contributed by atoms with van der Waals surface area (Å²) >= 11 is 0. The van der Waals surface area contributed by atoms with Gasteiger partial charge >= 0.3 is 0 Å². The van der Waals surface area contributed by atoms with Crippen LogP contribution in [0.1, 0.15) is 24.2 Å². The van der Waals surface area contributed by atoms with E-state index in [0.29, 0.717) is 18.4 Å². The Morgan fingerprint density at radius 1 is 1.27 bits per heavy atom.